The highest BCUT2D eigenvalue weighted by molar-refractivity contribution is 5.17. The second kappa shape index (κ2) is 7.76. The molecule has 1 aromatic rings. The first-order valence-corrected chi connectivity index (χ1v) is 8.08. The lowest BCUT2D eigenvalue weighted by Gasteiger charge is -2.26. The molecule has 4 nitrogen and oxygen atoms in total. The number of likely N-dealkylation sites (tertiary alicyclic amines) is 1. The molecule has 0 spiro atoms. The second-order valence-electron chi connectivity index (χ2n) is 6.86. The number of piperidine rings is 1. The molecule has 0 bridgehead atoms. The Balaban J connectivity index is 1.69. The van der Waals surface area contributed by atoms with E-state index in [0.717, 1.165) is 25.6 Å². The minimum absolute atomic E-state index is 0.129. The molecule has 21 heavy (non-hydrogen) atoms. The lowest BCUT2D eigenvalue weighted by molar-refractivity contribution is 0.180. The molecule has 1 fully saturated rings. The maximum absolute atomic E-state index is 5.74. The number of aromatic nitrogens is 1. The standard InChI is InChI=1S/C17H29N3O/c1-17(2,3)19-14-15-7-8-16(18-13-15)21-12-11-20-9-5-4-6-10-20/h7-8,13,19H,4-6,9-12,14H2,1-3H3. The van der Waals surface area contributed by atoms with E-state index >= 15 is 0 Å². The number of hydrogen-bond donors (Lipinski definition) is 1. The smallest absolute Gasteiger partial charge is 0.213 e. The molecule has 1 aliphatic rings. The summed E-state index contributed by atoms with van der Waals surface area (Å²) in [6.45, 7) is 11.5. The molecule has 0 radical (unpaired) electrons. The van der Waals surface area contributed by atoms with Crippen LogP contribution in [-0.4, -0.2) is 41.7 Å². The number of ether oxygens (including phenoxy) is 1. The van der Waals surface area contributed by atoms with Gasteiger partial charge in [-0.3, -0.25) is 4.90 Å². The van der Waals surface area contributed by atoms with Crippen LogP contribution in [0.4, 0.5) is 0 Å². The number of nitrogens with zero attached hydrogens (tertiary/aromatic N) is 2. The summed E-state index contributed by atoms with van der Waals surface area (Å²) in [5.74, 6) is 0.728. The van der Waals surface area contributed by atoms with E-state index in [1.807, 2.05) is 12.3 Å². The van der Waals surface area contributed by atoms with E-state index in [2.05, 4.69) is 42.0 Å². The van der Waals surface area contributed by atoms with Crippen LogP contribution < -0.4 is 10.1 Å². The van der Waals surface area contributed by atoms with Crippen molar-refractivity contribution in [2.75, 3.05) is 26.2 Å². The van der Waals surface area contributed by atoms with Crippen LogP contribution in [0.15, 0.2) is 18.3 Å². The van der Waals surface area contributed by atoms with Crippen molar-refractivity contribution in [2.45, 2.75) is 52.1 Å². The van der Waals surface area contributed by atoms with Crippen molar-refractivity contribution in [3.8, 4) is 5.88 Å². The molecule has 1 N–H and O–H groups in total. The summed E-state index contributed by atoms with van der Waals surface area (Å²) in [5, 5.41) is 3.46. The molecule has 1 saturated heterocycles. The van der Waals surface area contributed by atoms with E-state index < -0.39 is 0 Å². The largest absolute Gasteiger partial charge is 0.476 e. The van der Waals surface area contributed by atoms with E-state index in [0.29, 0.717) is 0 Å². The van der Waals surface area contributed by atoms with Crippen LogP contribution in [0.5, 0.6) is 5.88 Å². The summed E-state index contributed by atoms with van der Waals surface area (Å²) in [6.07, 6.45) is 5.93. The van der Waals surface area contributed by atoms with Gasteiger partial charge in [0.1, 0.15) is 6.61 Å². The van der Waals surface area contributed by atoms with E-state index in [-0.39, 0.29) is 5.54 Å². The number of pyridine rings is 1. The van der Waals surface area contributed by atoms with Gasteiger partial charge < -0.3 is 10.1 Å². The van der Waals surface area contributed by atoms with Crippen molar-refractivity contribution in [1.82, 2.24) is 15.2 Å². The van der Waals surface area contributed by atoms with Crippen LogP contribution in [0.1, 0.15) is 45.6 Å². The molecule has 0 aromatic carbocycles. The fraction of sp³-hybridized carbons (Fsp3) is 0.706. The Hall–Kier alpha value is -1.13. The fourth-order valence-electron chi connectivity index (χ4n) is 2.43. The Morgan fingerprint density at radius 1 is 1.19 bits per heavy atom. The lowest BCUT2D eigenvalue weighted by Crippen LogP contribution is -2.35. The van der Waals surface area contributed by atoms with Crippen molar-refractivity contribution < 1.29 is 4.74 Å². The number of hydrogen-bond acceptors (Lipinski definition) is 4. The zero-order valence-corrected chi connectivity index (χ0v) is 13.7. The third kappa shape index (κ3) is 6.44. The Morgan fingerprint density at radius 3 is 2.57 bits per heavy atom. The van der Waals surface area contributed by atoms with Gasteiger partial charge in [0.25, 0.3) is 0 Å². The SMILES string of the molecule is CC(C)(C)NCc1ccc(OCCN2CCCCC2)nc1. The minimum Gasteiger partial charge on any atom is -0.476 e. The van der Waals surface area contributed by atoms with Crippen LogP contribution in [0.25, 0.3) is 0 Å². The van der Waals surface area contributed by atoms with Crippen LogP contribution in [0.2, 0.25) is 0 Å². The molecular weight excluding hydrogens is 262 g/mol. The third-order valence-electron chi connectivity index (χ3n) is 3.73. The van der Waals surface area contributed by atoms with Crippen molar-refractivity contribution in [1.29, 1.82) is 0 Å². The first kappa shape index (κ1) is 16.2. The first-order valence-electron chi connectivity index (χ1n) is 8.08. The predicted octanol–water partition coefficient (Wildman–Crippen LogP) is 2.83. The van der Waals surface area contributed by atoms with E-state index in [4.69, 9.17) is 4.74 Å². The normalized spacial score (nSPS) is 16.9. The number of rotatable bonds is 6. The van der Waals surface area contributed by atoms with Gasteiger partial charge in [0, 0.05) is 30.9 Å². The third-order valence-corrected chi connectivity index (χ3v) is 3.73. The lowest BCUT2D eigenvalue weighted by atomic mass is 10.1. The summed E-state index contributed by atoms with van der Waals surface area (Å²) in [6, 6.07) is 4.05. The van der Waals surface area contributed by atoms with Gasteiger partial charge in [-0.1, -0.05) is 12.5 Å². The minimum atomic E-state index is 0.129. The van der Waals surface area contributed by atoms with Crippen molar-refractivity contribution >= 4 is 0 Å². The van der Waals surface area contributed by atoms with Gasteiger partial charge in [-0.05, 0) is 52.3 Å². The van der Waals surface area contributed by atoms with Crippen LogP contribution in [0.3, 0.4) is 0 Å². The van der Waals surface area contributed by atoms with Gasteiger partial charge >= 0.3 is 0 Å². The maximum atomic E-state index is 5.74. The van der Waals surface area contributed by atoms with Gasteiger partial charge in [0.2, 0.25) is 5.88 Å². The molecule has 0 aliphatic carbocycles. The molecule has 1 aromatic heterocycles. The summed E-state index contributed by atoms with van der Waals surface area (Å²) in [4.78, 5) is 6.86. The van der Waals surface area contributed by atoms with Gasteiger partial charge in [-0.15, -0.1) is 0 Å². The fourth-order valence-corrected chi connectivity index (χ4v) is 2.43. The van der Waals surface area contributed by atoms with Crippen LogP contribution >= 0.6 is 0 Å². The highest BCUT2D eigenvalue weighted by Gasteiger charge is 2.10. The average molecular weight is 291 g/mol. The Labute approximate surface area is 128 Å². The molecular formula is C17H29N3O. The van der Waals surface area contributed by atoms with Crippen molar-refractivity contribution in [2.24, 2.45) is 0 Å². The molecule has 0 saturated carbocycles. The van der Waals surface area contributed by atoms with Crippen LogP contribution in [0, 0.1) is 0 Å². The first-order chi connectivity index (χ1) is 10.0. The maximum Gasteiger partial charge on any atom is 0.213 e. The van der Waals surface area contributed by atoms with Crippen LogP contribution in [-0.2, 0) is 6.54 Å². The second-order valence-corrected chi connectivity index (χ2v) is 6.86. The Bertz CT molecular complexity index is 405. The zero-order chi connectivity index (χ0) is 15.1. The monoisotopic (exact) mass is 291 g/mol. The molecule has 1 aliphatic heterocycles. The van der Waals surface area contributed by atoms with Crippen molar-refractivity contribution in [3.63, 3.8) is 0 Å². The summed E-state index contributed by atoms with van der Waals surface area (Å²) in [7, 11) is 0. The van der Waals surface area contributed by atoms with E-state index in [1.165, 1.54) is 37.9 Å². The van der Waals surface area contributed by atoms with E-state index in [9.17, 15) is 0 Å². The van der Waals surface area contributed by atoms with Gasteiger partial charge in [-0.25, -0.2) is 4.98 Å². The summed E-state index contributed by atoms with van der Waals surface area (Å²) < 4.78 is 5.74. The Kier molecular flexibility index (Phi) is 6.00. The summed E-state index contributed by atoms with van der Waals surface area (Å²) in [5.41, 5.74) is 1.32. The van der Waals surface area contributed by atoms with Gasteiger partial charge in [0.05, 0.1) is 0 Å². The molecule has 2 heterocycles. The molecule has 0 unspecified atom stereocenters. The topological polar surface area (TPSA) is 37.4 Å². The molecule has 2 rings (SSSR count). The quantitative estimate of drug-likeness (QED) is 0.874. The highest BCUT2D eigenvalue weighted by Crippen LogP contribution is 2.11. The molecule has 0 atom stereocenters. The van der Waals surface area contributed by atoms with Crippen molar-refractivity contribution in [3.05, 3.63) is 23.9 Å². The molecule has 4 heteroatoms. The Morgan fingerprint density at radius 2 is 1.95 bits per heavy atom. The summed E-state index contributed by atoms with van der Waals surface area (Å²) >= 11 is 0. The van der Waals surface area contributed by atoms with Gasteiger partial charge in [0.15, 0.2) is 0 Å². The highest BCUT2D eigenvalue weighted by atomic mass is 16.5. The average Bonchev–Trinajstić information content (AvgIpc) is 2.47. The van der Waals surface area contributed by atoms with Gasteiger partial charge in [-0.2, -0.15) is 0 Å². The number of nitrogens with one attached hydrogen (secondary N) is 1. The zero-order valence-electron chi connectivity index (χ0n) is 13.7. The predicted molar refractivity (Wildman–Crippen MR) is 86.6 cm³/mol. The molecule has 0 amide bonds. The van der Waals surface area contributed by atoms with E-state index in [1.54, 1.807) is 0 Å². The molecule has 118 valence electrons.